The van der Waals surface area contributed by atoms with Crippen LogP contribution in [0.2, 0.25) is 5.02 Å². The molecule has 6 heteroatoms. The Bertz CT molecular complexity index is 1010. The van der Waals surface area contributed by atoms with Gasteiger partial charge in [0.05, 0.1) is 16.5 Å². The lowest BCUT2D eigenvalue weighted by molar-refractivity contribution is 0.0735. The number of hydrogen-bond donors (Lipinski definition) is 0. The topological polar surface area (TPSA) is 61.2 Å². The number of ether oxygens (including phenoxy) is 1. The molecule has 0 aliphatic carbocycles. The summed E-state index contributed by atoms with van der Waals surface area (Å²) in [6.07, 6.45) is 1.70. The van der Waals surface area contributed by atoms with E-state index in [2.05, 4.69) is 4.98 Å². The molecule has 0 unspecified atom stereocenters. The van der Waals surface area contributed by atoms with Crippen LogP contribution in [0.3, 0.4) is 0 Å². The van der Waals surface area contributed by atoms with Gasteiger partial charge in [-0.1, -0.05) is 11.6 Å². The highest BCUT2D eigenvalue weighted by Gasteiger charge is 2.17. The molecule has 0 fully saturated rings. The van der Waals surface area contributed by atoms with Crippen LogP contribution in [0, 0.1) is 0 Å². The average molecular weight is 341 g/mol. The molecule has 0 spiro atoms. The lowest BCUT2D eigenvalue weighted by Crippen LogP contribution is -2.21. The van der Waals surface area contributed by atoms with Gasteiger partial charge < -0.3 is 4.74 Å². The van der Waals surface area contributed by atoms with Crippen LogP contribution < -0.4 is 10.3 Å². The minimum atomic E-state index is -0.498. The van der Waals surface area contributed by atoms with E-state index in [-0.39, 0.29) is 5.56 Å². The van der Waals surface area contributed by atoms with E-state index in [1.165, 1.54) is 0 Å². The molecule has 1 aliphatic rings. The van der Waals surface area contributed by atoms with Crippen molar-refractivity contribution in [2.24, 2.45) is 0 Å². The molecule has 2 aromatic carbocycles. The predicted octanol–water partition coefficient (Wildman–Crippen LogP) is 3.22. The van der Waals surface area contributed by atoms with Crippen LogP contribution in [-0.2, 0) is 13.0 Å². The molecule has 0 saturated heterocycles. The third-order valence-electron chi connectivity index (χ3n) is 4.08. The van der Waals surface area contributed by atoms with Gasteiger partial charge in [0.15, 0.2) is 0 Å². The first-order chi connectivity index (χ1) is 11.6. The number of rotatable bonds is 2. The molecule has 24 heavy (non-hydrogen) atoms. The lowest BCUT2D eigenvalue weighted by atomic mass is 10.1. The zero-order valence-electron chi connectivity index (χ0n) is 12.7. The fourth-order valence-corrected chi connectivity index (χ4v) is 3.01. The average Bonchev–Trinajstić information content (AvgIpc) is 3.05. The zero-order valence-corrected chi connectivity index (χ0v) is 13.4. The van der Waals surface area contributed by atoms with Gasteiger partial charge in [-0.3, -0.25) is 9.36 Å². The molecule has 4 rings (SSSR count). The number of aromatic nitrogens is 2. The molecule has 0 bridgehead atoms. The Labute approximate surface area is 142 Å². The molecule has 0 N–H and O–H groups in total. The second-order valence-corrected chi connectivity index (χ2v) is 6.10. The molecule has 5 nitrogen and oxygen atoms in total. The highest BCUT2D eigenvalue weighted by atomic mass is 35.5. The first-order valence-corrected chi connectivity index (χ1v) is 8.01. The molecule has 0 amide bonds. The van der Waals surface area contributed by atoms with Crippen molar-refractivity contribution in [2.45, 2.75) is 19.4 Å². The normalized spacial score (nSPS) is 13.0. The first kappa shape index (κ1) is 14.9. The highest BCUT2D eigenvalue weighted by molar-refractivity contribution is 6.30. The number of carbonyl (C=O) groups excluding carboxylic acids is 1. The summed E-state index contributed by atoms with van der Waals surface area (Å²) in [5.74, 6) is 0.684. The van der Waals surface area contributed by atoms with Crippen molar-refractivity contribution < 1.29 is 9.53 Å². The predicted molar refractivity (Wildman–Crippen MR) is 90.7 cm³/mol. The molecule has 3 aromatic rings. The first-order valence-electron chi connectivity index (χ1n) is 7.63. The Morgan fingerprint density at radius 2 is 1.96 bits per heavy atom. The molecule has 0 radical (unpaired) electrons. The highest BCUT2D eigenvalue weighted by Crippen LogP contribution is 2.19. The van der Waals surface area contributed by atoms with Gasteiger partial charge in [0.2, 0.25) is 0 Å². The van der Waals surface area contributed by atoms with Crippen LogP contribution in [-0.4, -0.2) is 15.5 Å². The number of halogens is 1. The van der Waals surface area contributed by atoms with Gasteiger partial charge in [-0.2, -0.15) is 0 Å². The van der Waals surface area contributed by atoms with Crippen LogP contribution in [0.1, 0.15) is 22.6 Å². The van der Waals surface area contributed by atoms with Crippen LogP contribution in [0.5, 0.6) is 5.75 Å². The van der Waals surface area contributed by atoms with E-state index in [0.29, 0.717) is 33.8 Å². The Morgan fingerprint density at radius 1 is 1.17 bits per heavy atom. The van der Waals surface area contributed by atoms with Crippen LogP contribution in [0.25, 0.3) is 10.9 Å². The van der Waals surface area contributed by atoms with Crippen LogP contribution in [0.4, 0.5) is 0 Å². The Hall–Kier alpha value is -2.66. The fourth-order valence-electron chi connectivity index (χ4n) is 2.88. The zero-order chi connectivity index (χ0) is 16.7. The van der Waals surface area contributed by atoms with E-state index < -0.39 is 5.97 Å². The monoisotopic (exact) mass is 340 g/mol. The summed E-state index contributed by atoms with van der Waals surface area (Å²) in [6, 6.07) is 11.4. The van der Waals surface area contributed by atoms with E-state index >= 15 is 0 Å². The minimum absolute atomic E-state index is 0.0508. The Morgan fingerprint density at radius 3 is 2.75 bits per heavy atom. The van der Waals surface area contributed by atoms with Gasteiger partial charge in [0, 0.05) is 18.0 Å². The summed E-state index contributed by atoms with van der Waals surface area (Å²) in [7, 11) is 0. The lowest BCUT2D eigenvalue weighted by Gasteiger charge is -2.07. The van der Waals surface area contributed by atoms with Crippen molar-refractivity contribution in [1.82, 2.24) is 9.55 Å². The van der Waals surface area contributed by atoms with E-state index in [0.717, 1.165) is 18.7 Å². The molecule has 2 heterocycles. The number of nitrogens with zero attached hydrogens (tertiary/aromatic N) is 2. The van der Waals surface area contributed by atoms with E-state index in [4.69, 9.17) is 16.3 Å². The van der Waals surface area contributed by atoms with Crippen LogP contribution >= 0.6 is 11.6 Å². The molecule has 0 atom stereocenters. The summed E-state index contributed by atoms with van der Waals surface area (Å²) in [6.45, 7) is 0.706. The van der Waals surface area contributed by atoms with Crippen molar-refractivity contribution in [2.75, 3.05) is 0 Å². The molecule has 1 aromatic heterocycles. The van der Waals surface area contributed by atoms with Crippen molar-refractivity contribution in [3.8, 4) is 5.75 Å². The second kappa shape index (κ2) is 5.76. The van der Waals surface area contributed by atoms with E-state index in [9.17, 15) is 9.59 Å². The maximum absolute atomic E-state index is 12.4. The molecular weight excluding hydrogens is 328 g/mol. The third-order valence-corrected chi connectivity index (χ3v) is 4.33. The molecule has 1 aliphatic heterocycles. The molecule has 120 valence electrons. The van der Waals surface area contributed by atoms with Gasteiger partial charge in [-0.25, -0.2) is 9.78 Å². The van der Waals surface area contributed by atoms with Gasteiger partial charge in [-0.15, -0.1) is 0 Å². The van der Waals surface area contributed by atoms with Crippen molar-refractivity contribution >= 4 is 28.5 Å². The van der Waals surface area contributed by atoms with E-state index in [1.807, 2.05) is 0 Å². The Balaban J connectivity index is 1.69. The van der Waals surface area contributed by atoms with Crippen molar-refractivity contribution in [3.05, 3.63) is 69.2 Å². The van der Waals surface area contributed by atoms with Gasteiger partial charge in [0.1, 0.15) is 11.6 Å². The molecule has 0 saturated carbocycles. The minimum Gasteiger partial charge on any atom is -0.423 e. The van der Waals surface area contributed by atoms with Crippen LogP contribution in [0.15, 0.2) is 47.3 Å². The van der Waals surface area contributed by atoms with Crippen molar-refractivity contribution in [1.29, 1.82) is 0 Å². The van der Waals surface area contributed by atoms with Crippen molar-refractivity contribution in [3.63, 3.8) is 0 Å². The fraction of sp³-hybridized carbons (Fsp3) is 0.167. The number of esters is 1. The largest absolute Gasteiger partial charge is 0.423 e. The number of carbonyl (C=O) groups is 1. The third kappa shape index (κ3) is 2.57. The SMILES string of the molecule is O=C(Oc1ccc(Cl)cc1)c1ccc2c(=O)n3c(nc2c1)CCC3. The number of fused-ring (bicyclic) bond motifs is 2. The maximum Gasteiger partial charge on any atom is 0.343 e. The summed E-state index contributed by atoms with van der Waals surface area (Å²) in [4.78, 5) is 29.2. The standard InChI is InChI=1S/C18H13ClN2O3/c19-12-4-6-13(7-5-12)24-18(23)11-3-8-14-15(10-11)20-16-2-1-9-21(16)17(14)22/h3-8,10H,1-2,9H2. The summed E-state index contributed by atoms with van der Waals surface area (Å²) < 4.78 is 7.02. The van der Waals surface area contributed by atoms with Gasteiger partial charge >= 0.3 is 5.97 Å². The maximum atomic E-state index is 12.4. The number of aryl methyl sites for hydroxylation is 1. The number of benzene rings is 2. The second-order valence-electron chi connectivity index (χ2n) is 5.66. The quantitative estimate of drug-likeness (QED) is 0.531. The van der Waals surface area contributed by atoms with E-state index in [1.54, 1.807) is 47.0 Å². The summed E-state index contributed by atoms with van der Waals surface area (Å²) in [5, 5.41) is 1.09. The van der Waals surface area contributed by atoms with Gasteiger partial charge in [-0.05, 0) is 48.9 Å². The Kier molecular flexibility index (Phi) is 3.58. The smallest absolute Gasteiger partial charge is 0.343 e. The summed E-state index contributed by atoms with van der Waals surface area (Å²) in [5.41, 5.74) is 0.830. The number of hydrogen-bond acceptors (Lipinski definition) is 4. The van der Waals surface area contributed by atoms with Gasteiger partial charge in [0.25, 0.3) is 5.56 Å². The summed E-state index contributed by atoms with van der Waals surface area (Å²) >= 11 is 5.81. The molecular formula is C18H13ClN2O3.